The molecule has 72 valence electrons. The van der Waals surface area contributed by atoms with E-state index in [1.165, 1.54) is 0 Å². The lowest BCUT2D eigenvalue weighted by molar-refractivity contribution is 0.648. The van der Waals surface area contributed by atoms with Crippen molar-refractivity contribution < 1.29 is 5.58 Å². The Kier molecular flexibility index (Phi) is 2.79. The van der Waals surface area contributed by atoms with Crippen LogP contribution in [-0.4, -0.2) is 8.96 Å². The van der Waals surface area contributed by atoms with Crippen LogP contribution in [0, 0.1) is 0 Å². The van der Waals surface area contributed by atoms with Crippen molar-refractivity contribution in [1.82, 2.24) is 0 Å². The Morgan fingerprint density at radius 2 is 1.85 bits per heavy atom. The molecule has 1 rings (SSSR count). The van der Waals surface area contributed by atoms with Crippen molar-refractivity contribution in [2.75, 3.05) is 0 Å². The molecule has 13 heavy (non-hydrogen) atoms. The van der Waals surface area contributed by atoms with E-state index < -0.39 is 16.5 Å². The van der Waals surface area contributed by atoms with Crippen LogP contribution in [0.25, 0.3) is 0 Å². The average Bonchev–Trinajstić information content (AvgIpc) is 2.15. The summed E-state index contributed by atoms with van der Waals surface area (Å²) in [5.74, 6) is 0. The first kappa shape index (κ1) is 8.95. The zero-order valence-electron chi connectivity index (χ0n) is 9.28. The van der Waals surface area contributed by atoms with Crippen molar-refractivity contribution in [3.05, 3.63) is 35.9 Å². The van der Waals surface area contributed by atoms with Crippen LogP contribution in [0.2, 0.25) is 0 Å². The smallest absolute Gasteiger partial charge is 0.0490 e. The van der Waals surface area contributed by atoms with Crippen molar-refractivity contribution in [2.24, 2.45) is 0 Å². The van der Waals surface area contributed by atoms with Crippen molar-refractivity contribution in [1.29, 1.82) is 0 Å². The highest BCUT2D eigenvalue weighted by Gasteiger charge is 2.18. The molecule has 0 heterocycles. The van der Waals surface area contributed by atoms with Gasteiger partial charge in [0.1, 0.15) is 0 Å². The summed E-state index contributed by atoms with van der Waals surface area (Å²) in [6.45, 7) is 5.69. The summed E-state index contributed by atoms with van der Waals surface area (Å²) in [6.07, 6.45) is 0. The van der Waals surface area contributed by atoms with Gasteiger partial charge in [0.2, 0.25) is 0 Å². The predicted octanol–water partition coefficient (Wildman–Crippen LogP) is 2.73. The molecule has 0 radical (unpaired) electrons. The minimum Gasteiger partial charge on any atom is -0.259 e. The van der Waals surface area contributed by atoms with E-state index in [0.29, 0.717) is 0 Å². The average molecular weight is 197 g/mol. The van der Waals surface area contributed by atoms with Gasteiger partial charge in [-0.1, -0.05) is 30.3 Å². The second-order valence-corrected chi connectivity index (χ2v) is 5.99. The Morgan fingerprint density at radius 3 is 2.31 bits per heavy atom. The number of benzene rings is 1. The monoisotopic (exact) mass is 197 g/mol. The predicted molar refractivity (Wildman–Crippen MR) is 58.0 cm³/mol. The van der Waals surface area contributed by atoms with Gasteiger partial charge in [-0.15, -0.1) is 0 Å². The molecule has 0 N–H and O–H groups in total. The van der Waals surface area contributed by atoms with Gasteiger partial charge in [-0.2, -0.15) is 0 Å². The number of rotatable bonds is 2. The molecular formula is C11H16OS. The first-order chi connectivity index (χ1) is 6.43. The molecule has 0 saturated heterocycles. The van der Waals surface area contributed by atoms with Crippen LogP contribution in [0.4, 0.5) is 0 Å². The van der Waals surface area contributed by atoms with Gasteiger partial charge in [0.25, 0.3) is 0 Å². The van der Waals surface area contributed by atoms with Crippen LogP contribution < -0.4 is 0 Å². The van der Waals surface area contributed by atoms with Gasteiger partial charge in [0.15, 0.2) is 0 Å². The molecule has 0 aromatic heterocycles. The summed E-state index contributed by atoms with van der Waals surface area (Å²) in [6, 6.07) is 9.34. The highest BCUT2D eigenvalue weighted by Crippen LogP contribution is 2.15. The third kappa shape index (κ3) is 3.31. The SMILES string of the molecule is [2H][C@H](c1ccccc1)S(=O)C(C)(C)C. The topological polar surface area (TPSA) is 17.1 Å². The maximum absolute atomic E-state index is 11.9. The van der Waals surface area contributed by atoms with Gasteiger partial charge < -0.3 is 0 Å². The van der Waals surface area contributed by atoms with Crippen LogP contribution in [0.1, 0.15) is 27.7 Å². The Balaban J connectivity index is 2.87. The largest absolute Gasteiger partial charge is 0.259 e. The van der Waals surface area contributed by atoms with Crippen LogP contribution in [0.3, 0.4) is 0 Å². The van der Waals surface area contributed by atoms with Gasteiger partial charge in [-0.05, 0) is 26.3 Å². The zero-order chi connectivity index (χ0) is 10.8. The fourth-order valence-corrected chi connectivity index (χ4v) is 1.59. The molecule has 2 heteroatoms. The third-order valence-corrected chi connectivity index (χ3v) is 3.34. The minimum atomic E-state index is -1.17. The number of hydrogen-bond donors (Lipinski definition) is 0. The molecule has 1 aromatic rings. The van der Waals surface area contributed by atoms with Gasteiger partial charge in [0.05, 0.1) is 0 Å². The summed E-state index contributed by atoms with van der Waals surface area (Å²) in [5.41, 5.74) is 0.178. The second kappa shape index (κ2) is 4.05. The van der Waals surface area contributed by atoms with E-state index >= 15 is 0 Å². The van der Waals surface area contributed by atoms with E-state index in [1.54, 1.807) is 0 Å². The maximum atomic E-state index is 11.9. The van der Waals surface area contributed by atoms with Gasteiger partial charge in [-0.25, -0.2) is 0 Å². The quantitative estimate of drug-likeness (QED) is 0.712. The van der Waals surface area contributed by atoms with E-state index in [4.69, 9.17) is 1.37 Å². The Labute approximate surface area is 84.0 Å². The standard InChI is InChI=1S/C11H16OS/c1-11(2,3)13(12)9-10-7-5-4-6-8-10/h4-8H,9H2,1-3H3/i9D/t9-,13?/m1/s1. The van der Waals surface area contributed by atoms with Crippen molar-refractivity contribution in [3.8, 4) is 0 Å². The summed E-state index contributed by atoms with van der Waals surface area (Å²) in [5, 5.41) is 0. The molecule has 0 aliphatic rings. The van der Waals surface area contributed by atoms with Gasteiger partial charge in [-0.3, -0.25) is 4.21 Å². The summed E-state index contributed by atoms with van der Waals surface area (Å²) >= 11 is 0. The molecule has 0 fully saturated rings. The highest BCUT2D eigenvalue weighted by atomic mass is 32.2. The molecule has 0 aliphatic carbocycles. The summed E-state index contributed by atoms with van der Waals surface area (Å²) in [7, 11) is -1.17. The van der Waals surface area contributed by atoms with Crippen molar-refractivity contribution >= 4 is 10.8 Å². The van der Waals surface area contributed by atoms with E-state index in [0.717, 1.165) is 5.56 Å². The normalized spacial score (nSPS) is 17.6. The summed E-state index contributed by atoms with van der Waals surface area (Å²) < 4.78 is 19.4. The molecular weight excluding hydrogens is 180 g/mol. The van der Waals surface area contributed by atoms with Gasteiger partial charge >= 0.3 is 0 Å². The molecule has 0 aliphatic heterocycles. The number of hydrogen-bond acceptors (Lipinski definition) is 1. The fourth-order valence-electron chi connectivity index (χ4n) is 0.832. The molecule has 1 unspecified atom stereocenters. The minimum absolute atomic E-state index is 0.331. The lowest BCUT2D eigenvalue weighted by Crippen LogP contribution is -2.22. The lowest BCUT2D eigenvalue weighted by Gasteiger charge is -2.17. The molecule has 1 nitrogen and oxygen atoms in total. The van der Waals surface area contributed by atoms with E-state index in [9.17, 15) is 4.21 Å². The van der Waals surface area contributed by atoms with Crippen LogP contribution in [0.15, 0.2) is 30.3 Å². The zero-order valence-corrected chi connectivity index (χ0v) is 9.10. The first-order valence-electron chi connectivity index (χ1n) is 4.88. The van der Waals surface area contributed by atoms with Crippen LogP contribution in [-0.2, 0) is 16.5 Å². The fraction of sp³-hybridized carbons (Fsp3) is 0.455. The Bertz CT molecular complexity index is 316. The van der Waals surface area contributed by atoms with Gasteiger partial charge in [0, 0.05) is 22.6 Å². The molecule has 0 amide bonds. The van der Waals surface area contributed by atoms with E-state index in [2.05, 4.69) is 0 Å². The van der Waals surface area contributed by atoms with E-state index in [1.807, 2.05) is 51.1 Å². The highest BCUT2D eigenvalue weighted by molar-refractivity contribution is 7.85. The summed E-state index contributed by atoms with van der Waals surface area (Å²) in [4.78, 5) is 0. The Hall–Kier alpha value is -0.630. The first-order valence-corrected chi connectivity index (χ1v) is 5.52. The van der Waals surface area contributed by atoms with Crippen molar-refractivity contribution in [3.63, 3.8) is 0 Å². The maximum Gasteiger partial charge on any atom is 0.0490 e. The van der Waals surface area contributed by atoms with Crippen LogP contribution in [0.5, 0.6) is 0 Å². The second-order valence-electron chi connectivity index (χ2n) is 3.94. The molecule has 0 saturated carbocycles. The molecule has 1 aromatic carbocycles. The Morgan fingerprint density at radius 1 is 1.31 bits per heavy atom. The molecule has 0 bridgehead atoms. The third-order valence-electron chi connectivity index (χ3n) is 1.65. The van der Waals surface area contributed by atoms with E-state index in [-0.39, 0.29) is 4.75 Å². The molecule has 2 atom stereocenters. The van der Waals surface area contributed by atoms with Crippen LogP contribution >= 0.6 is 0 Å². The molecule has 0 spiro atoms. The lowest BCUT2D eigenvalue weighted by atomic mass is 10.2. The van der Waals surface area contributed by atoms with Crippen molar-refractivity contribution in [2.45, 2.75) is 31.2 Å².